The molecule has 1 aromatic carbocycles. The third-order valence-corrected chi connectivity index (χ3v) is 5.12. The third-order valence-electron chi connectivity index (χ3n) is 5.12. The van der Waals surface area contributed by atoms with Crippen molar-refractivity contribution in [2.24, 2.45) is 7.05 Å². The smallest absolute Gasteiger partial charge is 0.233 e. The summed E-state index contributed by atoms with van der Waals surface area (Å²) in [5.74, 6) is 1.06. The van der Waals surface area contributed by atoms with Gasteiger partial charge in [-0.1, -0.05) is 36.4 Å². The maximum Gasteiger partial charge on any atom is 0.233 e. The van der Waals surface area contributed by atoms with Crippen molar-refractivity contribution in [1.29, 1.82) is 0 Å². The first-order chi connectivity index (χ1) is 12.7. The van der Waals surface area contributed by atoms with E-state index >= 15 is 0 Å². The van der Waals surface area contributed by atoms with Gasteiger partial charge in [0.15, 0.2) is 0 Å². The standard InChI is InChI=1S/C21H22N4O/c1-24-13-12-23-19(24)16-25(15-17-6-5-11-22-14-17)20(26)21(9-10-21)18-7-3-2-4-8-18/h2-8,11-14H,9-10,15-16H2,1H3. The summed E-state index contributed by atoms with van der Waals surface area (Å²) in [4.78, 5) is 24.1. The molecule has 0 atom stereocenters. The van der Waals surface area contributed by atoms with Crippen molar-refractivity contribution < 1.29 is 4.79 Å². The summed E-state index contributed by atoms with van der Waals surface area (Å²) in [5.41, 5.74) is 1.76. The van der Waals surface area contributed by atoms with Gasteiger partial charge in [0.25, 0.3) is 0 Å². The number of aromatic nitrogens is 3. The molecular weight excluding hydrogens is 324 g/mol. The molecule has 1 saturated carbocycles. The van der Waals surface area contributed by atoms with Crippen LogP contribution in [0.2, 0.25) is 0 Å². The number of aryl methyl sites for hydroxylation is 1. The van der Waals surface area contributed by atoms with E-state index in [1.807, 2.05) is 59.2 Å². The topological polar surface area (TPSA) is 51.0 Å². The van der Waals surface area contributed by atoms with Crippen LogP contribution in [0.5, 0.6) is 0 Å². The van der Waals surface area contributed by atoms with Crippen LogP contribution in [0.15, 0.2) is 67.3 Å². The Bertz CT molecular complexity index is 885. The van der Waals surface area contributed by atoms with Crippen molar-refractivity contribution in [3.8, 4) is 0 Å². The number of nitrogens with zero attached hydrogens (tertiary/aromatic N) is 4. The van der Waals surface area contributed by atoms with E-state index in [1.165, 1.54) is 0 Å². The van der Waals surface area contributed by atoms with Crippen LogP contribution in [0.1, 0.15) is 29.8 Å². The number of hydrogen-bond acceptors (Lipinski definition) is 3. The Kier molecular flexibility index (Phi) is 4.29. The molecule has 1 fully saturated rings. The fraction of sp³-hybridized carbons (Fsp3) is 0.286. The summed E-state index contributed by atoms with van der Waals surface area (Å²) >= 11 is 0. The van der Waals surface area contributed by atoms with E-state index in [0.717, 1.165) is 29.8 Å². The van der Waals surface area contributed by atoms with Crippen LogP contribution in [0.4, 0.5) is 0 Å². The summed E-state index contributed by atoms with van der Waals surface area (Å²) in [5, 5.41) is 0. The minimum atomic E-state index is -0.380. The van der Waals surface area contributed by atoms with Crippen LogP contribution >= 0.6 is 0 Å². The zero-order valence-corrected chi connectivity index (χ0v) is 14.9. The second-order valence-electron chi connectivity index (χ2n) is 6.92. The van der Waals surface area contributed by atoms with E-state index in [9.17, 15) is 4.79 Å². The van der Waals surface area contributed by atoms with Crippen LogP contribution in [0, 0.1) is 0 Å². The second kappa shape index (κ2) is 6.75. The summed E-state index contributed by atoms with van der Waals surface area (Å²) in [7, 11) is 1.96. The monoisotopic (exact) mass is 346 g/mol. The van der Waals surface area contributed by atoms with Crippen LogP contribution in [0.25, 0.3) is 0 Å². The van der Waals surface area contributed by atoms with Crippen molar-refractivity contribution >= 4 is 5.91 Å². The molecule has 1 amide bonds. The van der Waals surface area contributed by atoms with Crippen LogP contribution in [-0.2, 0) is 30.3 Å². The Morgan fingerprint density at radius 3 is 2.54 bits per heavy atom. The normalized spacial score (nSPS) is 14.8. The largest absolute Gasteiger partial charge is 0.337 e. The zero-order chi connectivity index (χ0) is 18.0. The highest BCUT2D eigenvalue weighted by Gasteiger charge is 2.53. The summed E-state index contributed by atoms with van der Waals surface area (Å²) in [6.07, 6.45) is 9.06. The molecule has 2 heterocycles. The van der Waals surface area contributed by atoms with Gasteiger partial charge in [0, 0.05) is 38.4 Å². The summed E-state index contributed by atoms with van der Waals surface area (Å²) in [6, 6.07) is 14.0. The van der Waals surface area contributed by atoms with Gasteiger partial charge in [0.05, 0.1) is 12.0 Å². The molecule has 1 aliphatic rings. The number of carbonyl (C=O) groups is 1. The molecule has 4 rings (SSSR count). The number of rotatable bonds is 6. The van der Waals surface area contributed by atoms with Gasteiger partial charge in [-0.3, -0.25) is 9.78 Å². The first-order valence-electron chi connectivity index (χ1n) is 8.89. The van der Waals surface area contributed by atoms with E-state index in [1.54, 1.807) is 12.4 Å². The number of amides is 1. The molecule has 0 radical (unpaired) electrons. The van der Waals surface area contributed by atoms with Crippen molar-refractivity contribution in [3.05, 3.63) is 84.2 Å². The van der Waals surface area contributed by atoms with Crippen LogP contribution < -0.4 is 0 Å². The number of pyridine rings is 1. The molecule has 3 aromatic rings. The summed E-state index contributed by atoms with van der Waals surface area (Å²) < 4.78 is 1.96. The molecule has 5 nitrogen and oxygen atoms in total. The van der Waals surface area contributed by atoms with Gasteiger partial charge in [-0.2, -0.15) is 0 Å². The van der Waals surface area contributed by atoms with Gasteiger partial charge in [-0.25, -0.2) is 4.98 Å². The molecular formula is C21H22N4O. The molecule has 0 bridgehead atoms. The molecule has 2 aromatic heterocycles. The first kappa shape index (κ1) is 16.5. The van der Waals surface area contributed by atoms with Crippen molar-refractivity contribution in [2.45, 2.75) is 31.3 Å². The molecule has 26 heavy (non-hydrogen) atoms. The molecule has 1 aliphatic carbocycles. The van der Waals surface area contributed by atoms with E-state index in [4.69, 9.17) is 0 Å². The van der Waals surface area contributed by atoms with Crippen molar-refractivity contribution in [3.63, 3.8) is 0 Å². The Hall–Kier alpha value is -2.95. The third kappa shape index (κ3) is 3.12. The Morgan fingerprint density at radius 2 is 1.92 bits per heavy atom. The Morgan fingerprint density at radius 1 is 1.12 bits per heavy atom. The SMILES string of the molecule is Cn1ccnc1CN(Cc1cccnc1)C(=O)C1(c2ccccc2)CC1. The molecule has 132 valence electrons. The van der Waals surface area contributed by atoms with Gasteiger partial charge in [-0.05, 0) is 30.0 Å². The van der Waals surface area contributed by atoms with Crippen molar-refractivity contribution in [1.82, 2.24) is 19.4 Å². The maximum atomic E-state index is 13.5. The van der Waals surface area contributed by atoms with Crippen LogP contribution in [-0.4, -0.2) is 25.3 Å². The number of hydrogen-bond donors (Lipinski definition) is 0. The predicted molar refractivity (Wildman–Crippen MR) is 99.1 cm³/mol. The van der Waals surface area contributed by atoms with Gasteiger partial charge in [0.1, 0.15) is 5.82 Å². The van der Waals surface area contributed by atoms with E-state index in [2.05, 4.69) is 22.1 Å². The van der Waals surface area contributed by atoms with Crippen molar-refractivity contribution in [2.75, 3.05) is 0 Å². The lowest BCUT2D eigenvalue weighted by Gasteiger charge is -2.27. The average Bonchev–Trinajstić information content (AvgIpc) is 3.40. The Balaban J connectivity index is 1.64. The van der Waals surface area contributed by atoms with Gasteiger partial charge < -0.3 is 9.47 Å². The second-order valence-corrected chi connectivity index (χ2v) is 6.92. The average molecular weight is 346 g/mol. The highest BCUT2D eigenvalue weighted by Crippen LogP contribution is 2.49. The predicted octanol–water partition coefficient (Wildman–Crippen LogP) is 3.08. The lowest BCUT2D eigenvalue weighted by molar-refractivity contribution is -0.135. The van der Waals surface area contributed by atoms with Crippen LogP contribution in [0.3, 0.4) is 0 Å². The summed E-state index contributed by atoms with van der Waals surface area (Å²) in [6.45, 7) is 1.03. The van der Waals surface area contributed by atoms with E-state index < -0.39 is 0 Å². The van der Waals surface area contributed by atoms with Gasteiger partial charge in [0.2, 0.25) is 5.91 Å². The number of carbonyl (C=O) groups excluding carboxylic acids is 1. The highest BCUT2D eigenvalue weighted by molar-refractivity contribution is 5.91. The molecule has 0 aliphatic heterocycles. The minimum Gasteiger partial charge on any atom is -0.337 e. The van der Waals surface area contributed by atoms with Gasteiger partial charge in [-0.15, -0.1) is 0 Å². The number of benzene rings is 1. The molecule has 0 unspecified atom stereocenters. The fourth-order valence-corrected chi connectivity index (χ4v) is 3.44. The van der Waals surface area contributed by atoms with Gasteiger partial charge >= 0.3 is 0 Å². The maximum absolute atomic E-state index is 13.5. The zero-order valence-electron chi connectivity index (χ0n) is 14.9. The lowest BCUT2D eigenvalue weighted by atomic mass is 9.94. The Labute approximate surface area is 153 Å². The number of imidazole rings is 1. The minimum absolute atomic E-state index is 0.176. The molecule has 0 N–H and O–H groups in total. The highest BCUT2D eigenvalue weighted by atomic mass is 16.2. The first-order valence-corrected chi connectivity index (χ1v) is 8.89. The quantitative estimate of drug-likeness (QED) is 0.689. The molecule has 0 spiro atoms. The van der Waals surface area contributed by atoms with E-state index in [-0.39, 0.29) is 11.3 Å². The van der Waals surface area contributed by atoms with E-state index in [0.29, 0.717) is 13.1 Å². The molecule has 0 saturated heterocycles. The lowest BCUT2D eigenvalue weighted by Crippen LogP contribution is -2.39. The molecule has 5 heteroatoms. The fourth-order valence-electron chi connectivity index (χ4n) is 3.44.